The first-order valence-corrected chi connectivity index (χ1v) is 5.34. The molecule has 0 spiro atoms. The first kappa shape index (κ1) is 10.6. The van der Waals surface area contributed by atoms with E-state index in [1.54, 1.807) is 25.4 Å². The number of hydrogen-bond acceptors (Lipinski definition) is 5. The number of benzene rings is 1. The Labute approximate surface area is 96.1 Å². The number of methoxy groups -OCH3 is 1. The number of phenols is 1. The fourth-order valence-electron chi connectivity index (χ4n) is 1.29. The summed E-state index contributed by atoms with van der Waals surface area (Å²) in [7, 11) is 1.55. The van der Waals surface area contributed by atoms with Crippen LogP contribution in [0.15, 0.2) is 24.4 Å². The third-order valence-electron chi connectivity index (χ3n) is 2.10. The Kier molecular flexibility index (Phi) is 2.87. The number of carbonyl (C=O) groups is 1. The normalized spacial score (nSPS) is 10.1. The average molecular weight is 235 g/mol. The van der Waals surface area contributed by atoms with Crippen molar-refractivity contribution in [3.63, 3.8) is 0 Å². The van der Waals surface area contributed by atoms with Gasteiger partial charge < -0.3 is 9.84 Å². The van der Waals surface area contributed by atoms with Crippen molar-refractivity contribution in [2.45, 2.75) is 0 Å². The molecule has 16 heavy (non-hydrogen) atoms. The number of thiazole rings is 1. The zero-order chi connectivity index (χ0) is 11.5. The van der Waals surface area contributed by atoms with Crippen LogP contribution in [0, 0.1) is 0 Å². The zero-order valence-corrected chi connectivity index (χ0v) is 9.32. The van der Waals surface area contributed by atoms with Crippen molar-refractivity contribution in [2.24, 2.45) is 0 Å². The Balaban J connectivity index is 2.43. The first-order valence-electron chi connectivity index (χ1n) is 4.53. The standard InChI is InChI=1S/C11H9NO3S/c1-15-11-12-5-10(16-11)7-2-3-9(14)8(4-7)6-13/h2-6,14H,1H3. The molecule has 0 saturated heterocycles. The summed E-state index contributed by atoms with van der Waals surface area (Å²) < 4.78 is 4.99. The summed E-state index contributed by atoms with van der Waals surface area (Å²) >= 11 is 1.38. The molecule has 0 unspecified atom stereocenters. The molecule has 1 aromatic carbocycles. The summed E-state index contributed by atoms with van der Waals surface area (Å²) in [6, 6.07) is 4.84. The van der Waals surface area contributed by atoms with Crippen molar-refractivity contribution in [2.75, 3.05) is 7.11 Å². The molecule has 1 heterocycles. The Bertz CT molecular complexity index is 522. The molecule has 5 heteroatoms. The van der Waals surface area contributed by atoms with Crippen LogP contribution in [0.25, 0.3) is 10.4 Å². The molecule has 0 fully saturated rings. The SMILES string of the molecule is COc1ncc(-c2ccc(O)c(C=O)c2)s1. The van der Waals surface area contributed by atoms with Gasteiger partial charge in [0, 0.05) is 6.20 Å². The van der Waals surface area contributed by atoms with E-state index in [0.717, 1.165) is 10.4 Å². The largest absolute Gasteiger partial charge is 0.507 e. The molecular formula is C11H9NO3S. The highest BCUT2D eigenvalue weighted by atomic mass is 32.1. The second-order valence-electron chi connectivity index (χ2n) is 3.09. The smallest absolute Gasteiger partial charge is 0.273 e. The third kappa shape index (κ3) is 1.90. The zero-order valence-electron chi connectivity index (χ0n) is 8.51. The second-order valence-corrected chi connectivity index (χ2v) is 4.08. The number of aromatic nitrogens is 1. The van der Waals surface area contributed by atoms with Gasteiger partial charge in [0.1, 0.15) is 5.75 Å². The Morgan fingerprint density at radius 2 is 2.31 bits per heavy atom. The van der Waals surface area contributed by atoms with Gasteiger partial charge in [0.15, 0.2) is 6.29 Å². The maximum absolute atomic E-state index is 10.7. The van der Waals surface area contributed by atoms with Crippen molar-refractivity contribution in [1.82, 2.24) is 4.98 Å². The number of nitrogens with zero attached hydrogens (tertiary/aromatic N) is 1. The van der Waals surface area contributed by atoms with Crippen LogP contribution in [0.2, 0.25) is 0 Å². The number of rotatable bonds is 3. The van der Waals surface area contributed by atoms with E-state index < -0.39 is 0 Å². The molecule has 0 atom stereocenters. The predicted octanol–water partition coefficient (Wildman–Crippen LogP) is 2.34. The number of aromatic hydroxyl groups is 1. The summed E-state index contributed by atoms with van der Waals surface area (Å²) in [5.41, 5.74) is 1.10. The molecule has 0 bridgehead atoms. The maximum Gasteiger partial charge on any atom is 0.273 e. The predicted molar refractivity (Wildman–Crippen MR) is 61.2 cm³/mol. The minimum Gasteiger partial charge on any atom is -0.507 e. The Hall–Kier alpha value is -1.88. The molecule has 0 aliphatic carbocycles. The van der Waals surface area contributed by atoms with E-state index in [9.17, 15) is 9.90 Å². The summed E-state index contributed by atoms with van der Waals surface area (Å²) in [5, 5.41) is 9.93. The van der Waals surface area contributed by atoms with E-state index in [4.69, 9.17) is 4.74 Å². The van der Waals surface area contributed by atoms with Crippen molar-refractivity contribution in [3.8, 4) is 21.4 Å². The number of ether oxygens (including phenoxy) is 1. The van der Waals surface area contributed by atoms with Gasteiger partial charge in [-0.05, 0) is 23.8 Å². The minimum absolute atomic E-state index is 0.0183. The minimum atomic E-state index is -0.0183. The van der Waals surface area contributed by atoms with Gasteiger partial charge in [0.2, 0.25) is 0 Å². The molecule has 0 aliphatic heterocycles. The van der Waals surface area contributed by atoms with Gasteiger partial charge >= 0.3 is 0 Å². The van der Waals surface area contributed by atoms with Gasteiger partial charge in [-0.15, -0.1) is 0 Å². The van der Waals surface area contributed by atoms with Crippen molar-refractivity contribution in [1.29, 1.82) is 0 Å². The van der Waals surface area contributed by atoms with E-state index in [0.29, 0.717) is 11.5 Å². The lowest BCUT2D eigenvalue weighted by Gasteiger charge is -2.00. The van der Waals surface area contributed by atoms with E-state index in [2.05, 4.69) is 4.98 Å². The van der Waals surface area contributed by atoms with Crippen molar-refractivity contribution < 1.29 is 14.6 Å². The highest BCUT2D eigenvalue weighted by molar-refractivity contribution is 7.16. The highest BCUT2D eigenvalue weighted by Gasteiger charge is 2.07. The fourth-order valence-corrected chi connectivity index (χ4v) is 2.02. The first-order chi connectivity index (χ1) is 7.74. The molecule has 82 valence electrons. The van der Waals surface area contributed by atoms with E-state index in [-0.39, 0.29) is 11.3 Å². The van der Waals surface area contributed by atoms with Gasteiger partial charge in [-0.3, -0.25) is 4.79 Å². The summed E-state index contributed by atoms with van der Waals surface area (Å²) in [4.78, 5) is 15.6. The quantitative estimate of drug-likeness (QED) is 0.829. The molecule has 4 nitrogen and oxygen atoms in total. The molecule has 1 N–H and O–H groups in total. The number of carbonyl (C=O) groups excluding carboxylic acids is 1. The van der Waals surface area contributed by atoms with Crippen LogP contribution in [-0.4, -0.2) is 23.5 Å². The van der Waals surface area contributed by atoms with Gasteiger partial charge in [-0.2, -0.15) is 0 Å². The molecule has 0 saturated carbocycles. The lowest BCUT2D eigenvalue weighted by atomic mass is 10.1. The number of aldehydes is 1. The van der Waals surface area contributed by atoms with E-state index in [1.807, 2.05) is 0 Å². The van der Waals surface area contributed by atoms with Gasteiger partial charge in [-0.25, -0.2) is 4.98 Å². The molecule has 2 aromatic rings. The lowest BCUT2D eigenvalue weighted by Crippen LogP contribution is -1.82. The van der Waals surface area contributed by atoms with Gasteiger partial charge in [-0.1, -0.05) is 11.3 Å². The molecule has 2 rings (SSSR count). The van der Waals surface area contributed by atoms with E-state index in [1.165, 1.54) is 17.4 Å². The lowest BCUT2D eigenvalue weighted by molar-refractivity contribution is 0.112. The van der Waals surface area contributed by atoms with Gasteiger partial charge in [0.05, 0.1) is 17.6 Å². The van der Waals surface area contributed by atoms with Crippen LogP contribution < -0.4 is 4.74 Å². The van der Waals surface area contributed by atoms with Crippen LogP contribution >= 0.6 is 11.3 Å². The summed E-state index contributed by atoms with van der Waals surface area (Å²) in [6.07, 6.45) is 2.29. The molecule has 0 aliphatic rings. The number of phenolic OH excluding ortho intramolecular Hbond substituents is 1. The Morgan fingerprint density at radius 3 is 2.94 bits per heavy atom. The van der Waals surface area contributed by atoms with Crippen LogP contribution in [0.4, 0.5) is 0 Å². The Morgan fingerprint density at radius 1 is 1.50 bits per heavy atom. The van der Waals surface area contributed by atoms with Crippen LogP contribution in [-0.2, 0) is 0 Å². The monoisotopic (exact) mass is 235 g/mol. The van der Waals surface area contributed by atoms with Crippen LogP contribution in [0.1, 0.15) is 10.4 Å². The van der Waals surface area contributed by atoms with Crippen molar-refractivity contribution in [3.05, 3.63) is 30.0 Å². The van der Waals surface area contributed by atoms with E-state index >= 15 is 0 Å². The topological polar surface area (TPSA) is 59.4 Å². The second kappa shape index (κ2) is 4.32. The third-order valence-corrected chi connectivity index (χ3v) is 3.11. The maximum atomic E-state index is 10.7. The molecule has 0 radical (unpaired) electrons. The molecular weight excluding hydrogens is 226 g/mol. The van der Waals surface area contributed by atoms with Crippen molar-refractivity contribution >= 4 is 17.6 Å². The van der Waals surface area contributed by atoms with Gasteiger partial charge in [0.25, 0.3) is 5.19 Å². The van der Waals surface area contributed by atoms with Crippen LogP contribution in [0.5, 0.6) is 10.9 Å². The summed E-state index contributed by atoms with van der Waals surface area (Å²) in [6.45, 7) is 0. The number of hydrogen-bond donors (Lipinski definition) is 1. The highest BCUT2D eigenvalue weighted by Crippen LogP contribution is 2.32. The average Bonchev–Trinajstić information content (AvgIpc) is 2.78. The molecule has 0 amide bonds. The van der Waals surface area contributed by atoms with Crippen LogP contribution in [0.3, 0.4) is 0 Å². The summed E-state index contributed by atoms with van der Waals surface area (Å²) in [5.74, 6) is -0.0183. The molecule has 1 aromatic heterocycles. The fraction of sp³-hybridized carbons (Fsp3) is 0.0909.